The van der Waals surface area contributed by atoms with Crippen molar-refractivity contribution in [1.29, 1.82) is 0 Å². The van der Waals surface area contributed by atoms with Gasteiger partial charge >= 0.3 is 5.97 Å². The van der Waals surface area contributed by atoms with Gasteiger partial charge in [0.2, 0.25) is 5.91 Å². The predicted molar refractivity (Wildman–Crippen MR) is 70.9 cm³/mol. The lowest BCUT2D eigenvalue weighted by Gasteiger charge is -2.16. The van der Waals surface area contributed by atoms with Crippen LogP contribution in [0.5, 0.6) is 0 Å². The Labute approximate surface area is 112 Å². The molecule has 5 heteroatoms. The number of carboxylic acid groups (broad SMARTS) is 1. The fourth-order valence-corrected chi connectivity index (χ4v) is 1.74. The number of amides is 1. The van der Waals surface area contributed by atoms with E-state index >= 15 is 0 Å². The van der Waals surface area contributed by atoms with Crippen LogP contribution in [0, 0.1) is 5.92 Å². The fourth-order valence-electron chi connectivity index (χ4n) is 1.74. The van der Waals surface area contributed by atoms with Gasteiger partial charge in [-0.2, -0.15) is 0 Å². The lowest BCUT2D eigenvalue weighted by atomic mass is 9.99. The van der Waals surface area contributed by atoms with E-state index in [1.165, 1.54) is 7.11 Å². The van der Waals surface area contributed by atoms with E-state index < -0.39 is 11.9 Å². The highest BCUT2D eigenvalue weighted by Crippen LogP contribution is 2.14. The molecule has 2 N–H and O–H groups in total. The maximum Gasteiger partial charge on any atom is 0.312 e. The Balaban J connectivity index is 2.61. The van der Waals surface area contributed by atoms with Gasteiger partial charge in [0.05, 0.1) is 18.4 Å². The van der Waals surface area contributed by atoms with Gasteiger partial charge in [0.25, 0.3) is 0 Å². The van der Waals surface area contributed by atoms with Crippen LogP contribution in [0.15, 0.2) is 30.3 Å². The molecule has 0 aliphatic heterocycles. The average molecular weight is 265 g/mol. The minimum absolute atomic E-state index is 0.0756. The molecule has 2 unspecified atom stereocenters. The van der Waals surface area contributed by atoms with Crippen LogP contribution in [0.4, 0.5) is 0 Å². The molecule has 0 saturated carbocycles. The van der Waals surface area contributed by atoms with Gasteiger partial charge in [0.1, 0.15) is 0 Å². The molecule has 1 rings (SSSR count). The first kappa shape index (κ1) is 15.2. The lowest BCUT2D eigenvalue weighted by molar-refractivity contribution is -0.138. The SMILES string of the molecule is COCC(C)C(=O)NCC(C(=O)O)c1ccccc1. The normalized spacial score (nSPS) is 13.6. The molecule has 1 aromatic rings. The molecular weight excluding hydrogens is 246 g/mol. The topological polar surface area (TPSA) is 75.6 Å². The molecule has 0 spiro atoms. The van der Waals surface area contributed by atoms with Crippen molar-refractivity contribution in [3.05, 3.63) is 35.9 Å². The van der Waals surface area contributed by atoms with Crippen LogP contribution in [-0.2, 0) is 14.3 Å². The van der Waals surface area contributed by atoms with Gasteiger partial charge in [-0.05, 0) is 5.56 Å². The number of methoxy groups -OCH3 is 1. The quantitative estimate of drug-likeness (QED) is 0.778. The van der Waals surface area contributed by atoms with Crippen molar-refractivity contribution < 1.29 is 19.4 Å². The van der Waals surface area contributed by atoms with Gasteiger partial charge in [-0.1, -0.05) is 37.3 Å². The summed E-state index contributed by atoms with van der Waals surface area (Å²) in [4.78, 5) is 22.9. The van der Waals surface area contributed by atoms with Crippen molar-refractivity contribution in [2.24, 2.45) is 5.92 Å². The van der Waals surface area contributed by atoms with Crippen molar-refractivity contribution >= 4 is 11.9 Å². The second-order valence-corrected chi connectivity index (χ2v) is 4.40. The van der Waals surface area contributed by atoms with Crippen molar-refractivity contribution in [2.45, 2.75) is 12.8 Å². The highest BCUT2D eigenvalue weighted by atomic mass is 16.5. The van der Waals surface area contributed by atoms with E-state index in [2.05, 4.69) is 5.32 Å². The first-order valence-corrected chi connectivity index (χ1v) is 6.10. The van der Waals surface area contributed by atoms with E-state index in [0.717, 1.165) is 0 Å². The second kappa shape index (κ2) is 7.53. The second-order valence-electron chi connectivity index (χ2n) is 4.40. The number of carbonyl (C=O) groups excluding carboxylic acids is 1. The zero-order chi connectivity index (χ0) is 14.3. The standard InChI is InChI=1S/C14H19NO4/c1-10(9-19-2)13(16)15-8-12(14(17)18)11-6-4-3-5-7-11/h3-7,10,12H,8-9H2,1-2H3,(H,15,16)(H,17,18). The van der Waals surface area contributed by atoms with Crippen molar-refractivity contribution in [2.75, 3.05) is 20.3 Å². The van der Waals surface area contributed by atoms with Crippen LogP contribution in [0.1, 0.15) is 18.4 Å². The molecule has 0 bridgehead atoms. The number of nitrogens with one attached hydrogen (secondary N) is 1. The van der Waals surface area contributed by atoms with Crippen molar-refractivity contribution in [3.8, 4) is 0 Å². The fraction of sp³-hybridized carbons (Fsp3) is 0.429. The van der Waals surface area contributed by atoms with E-state index in [1.807, 2.05) is 6.07 Å². The number of carbonyl (C=O) groups is 2. The molecule has 0 fully saturated rings. The molecule has 5 nitrogen and oxygen atoms in total. The van der Waals surface area contributed by atoms with E-state index in [4.69, 9.17) is 4.74 Å². The van der Waals surface area contributed by atoms with Crippen molar-refractivity contribution in [3.63, 3.8) is 0 Å². The summed E-state index contributed by atoms with van der Waals surface area (Å²) < 4.78 is 4.89. The smallest absolute Gasteiger partial charge is 0.312 e. The summed E-state index contributed by atoms with van der Waals surface area (Å²) in [5.41, 5.74) is 0.676. The van der Waals surface area contributed by atoms with Gasteiger partial charge in [0, 0.05) is 13.7 Å². The van der Waals surface area contributed by atoms with Crippen LogP contribution >= 0.6 is 0 Å². The third-order valence-corrected chi connectivity index (χ3v) is 2.84. The molecule has 0 aliphatic carbocycles. The summed E-state index contributed by atoms with van der Waals surface area (Å²) in [5, 5.41) is 11.9. The molecule has 1 aromatic carbocycles. The van der Waals surface area contributed by atoms with Crippen LogP contribution in [0.2, 0.25) is 0 Å². The molecule has 0 radical (unpaired) electrons. The monoisotopic (exact) mass is 265 g/mol. The van der Waals surface area contributed by atoms with E-state index in [0.29, 0.717) is 12.2 Å². The molecule has 19 heavy (non-hydrogen) atoms. The van der Waals surface area contributed by atoms with Gasteiger partial charge in [-0.25, -0.2) is 0 Å². The largest absolute Gasteiger partial charge is 0.481 e. The van der Waals surface area contributed by atoms with Crippen LogP contribution in [0.3, 0.4) is 0 Å². The molecule has 0 aliphatic rings. The highest BCUT2D eigenvalue weighted by Gasteiger charge is 2.21. The Kier molecular flexibility index (Phi) is 6.02. The van der Waals surface area contributed by atoms with Gasteiger partial charge < -0.3 is 15.2 Å². The van der Waals surface area contributed by atoms with Crippen LogP contribution in [-0.4, -0.2) is 37.2 Å². The van der Waals surface area contributed by atoms with Crippen LogP contribution in [0.25, 0.3) is 0 Å². The molecule has 0 aromatic heterocycles. The number of benzene rings is 1. The third-order valence-electron chi connectivity index (χ3n) is 2.84. The zero-order valence-electron chi connectivity index (χ0n) is 11.1. The average Bonchev–Trinajstić information content (AvgIpc) is 2.39. The molecule has 1 amide bonds. The number of carboxylic acids is 1. The Bertz CT molecular complexity index is 419. The summed E-state index contributed by atoms with van der Waals surface area (Å²) in [6, 6.07) is 8.86. The minimum atomic E-state index is -0.953. The Morgan fingerprint density at radius 1 is 1.32 bits per heavy atom. The molecular formula is C14H19NO4. The maximum absolute atomic E-state index is 11.7. The summed E-state index contributed by atoms with van der Waals surface area (Å²) in [5.74, 6) is -2.19. The van der Waals surface area contributed by atoms with Crippen molar-refractivity contribution in [1.82, 2.24) is 5.32 Å². The van der Waals surface area contributed by atoms with Gasteiger partial charge in [-0.3, -0.25) is 9.59 Å². The van der Waals surface area contributed by atoms with Crippen LogP contribution < -0.4 is 5.32 Å². The number of ether oxygens (including phenoxy) is 1. The van der Waals surface area contributed by atoms with Gasteiger partial charge in [-0.15, -0.1) is 0 Å². The molecule has 104 valence electrons. The Hall–Kier alpha value is -1.88. The third kappa shape index (κ3) is 4.71. The number of hydrogen-bond acceptors (Lipinski definition) is 3. The lowest BCUT2D eigenvalue weighted by Crippen LogP contribution is -2.36. The van der Waals surface area contributed by atoms with E-state index in [1.54, 1.807) is 31.2 Å². The summed E-state index contributed by atoms with van der Waals surface area (Å²) in [6.07, 6.45) is 0. The predicted octanol–water partition coefficient (Wildman–Crippen LogP) is 1.25. The molecule has 0 heterocycles. The van der Waals surface area contributed by atoms with Gasteiger partial charge in [0.15, 0.2) is 0 Å². The summed E-state index contributed by atoms with van der Waals surface area (Å²) in [6.45, 7) is 2.12. The Morgan fingerprint density at radius 2 is 1.95 bits per heavy atom. The zero-order valence-corrected chi connectivity index (χ0v) is 11.1. The highest BCUT2D eigenvalue weighted by molar-refractivity contribution is 5.81. The first-order valence-electron chi connectivity index (χ1n) is 6.10. The first-order chi connectivity index (χ1) is 9.06. The number of rotatable bonds is 7. The van der Waals surface area contributed by atoms with E-state index in [9.17, 15) is 14.7 Å². The maximum atomic E-state index is 11.7. The minimum Gasteiger partial charge on any atom is -0.481 e. The van der Waals surface area contributed by atoms with E-state index in [-0.39, 0.29) is 18.4 Å². The molecule has 0 saturated heterocycles. The Morgan fingerprint density at radius 3 is 2.47 bits per heavy atom. The number of hydrogen-bond donors (Lipinski definition) is 2. The number of aliphatic carboxylic acids is 1. The summed E-state index contributed by atoms with van der Waals surface area (Å²) in [7, 11) is 1.52. The summed E-state index contributed by atoms with van der Waals surface area (Å²) >= 11 is 0. The molecule has 2 atom stereocenters.